The van der Waals surface area contributed by atoms with Crippen molar-refractivity contribution in [2.24, 2.45) is 0 Å². The topological polar surface area (TPSA) is 88.4 Å². The molecule has 0 aliphatic heterocycles. The van der Waals surface area contributed by atoms with E-state index in [0.29, 0.717) is 24.2 Å². The molecule has 0 unspecified atom stereocenters. The molecule has 3 aromatic rings. The van der Waals surface area contributed by atoms with E-state index in [0.717, 1.165) is 11.3 Å². The fourth-order valence-corrected chi connectivity index (χ4v) is 3.53. The van der Waals surface area contributed by atoms with Crippen LogP contribution < -0.4 is 10.0 Å². The van der Waals surface area contributed by atoms with Crippen LogP contribution in [0.25, 0.3) is 0 Å². The molecule has 1 aromatic heterocycles. The minimum absolute atomic E-state index is 0.139. The molecule has 1 amide bonds. The Labute approximate surface area is 158 Å². The van der Waals surface area contributed by atoms with Gasteiger partial charge in [0.05, 0.1) is 11.2 Å². The third-order valence-corrected chi connectivity index (χ3v) is 5.33. The smallest absolute Gasteiger partial charge is 0.261 e. The van der Waals surface area contributed by atoms with E-state index in [9.17, 15) is 13.2 Å². The first-order valence-electron chi connectivity index (χ1n) is 8.44. The third kappa shape index (κ3) is 5.21. The number of rotatable bonds is 7. The zero-order chi connectivity index (χ0) is 19.3. The van der Waals surface area contributed by atoms with Gasteiger partial charge in [0.15, 0.2) is 0 Å². The number of carbonyl (C=O) groups excluding carboxylic acids is 1. The van der Waals surface area contributed by atoms with Gasteiger partial charge in [-0.2, -0.15) is 0 Å². The van der Waals surface area contributed by atoms with Crippen molar-refractivity contribution in [2.75, 3.05) is 10.0 Å². The fraction of sp³-hybridized carbons (Fsp3) is 0.150. The van der Waals surface area contributed by atoms with E-state index in [2.05, 4.69) is 10.0 Å². The molecule has 7 heteroatoms. The first-order chi connectivity index (χ1) is 12.9. The van der Waals surface area contributed by atoms with Crippen molar-refractivity contribution in [3.05, 3.63) is 78.3 Å². The number of nitrogens with one attached hydrogen (secondary N) is 2. The summed E-state index contributed by atoms with van der Waals surface area (Å²) < 4.78 is 32.5. The predicted molar refractivity (Wildman–Crippen MR) is 104 cm³/mol. The molecule has 1 heterocycles. The van der Waals surface area contributed by atoms with Gasteiger partial charge in [-0.05, 0) is 55.5 Å². The maximum absolute atomic E-state index is 12.4. The highest BCUT2D eigenvalue weighted by Gasteiger charge is 2.13. The summed E-state index contributed by atoms with van der Waals surface area (Å²) in [5.74, 6) is 0.616. The Kier molecular flexibility index (Phi) is 5.61. The number of hydrogen-bond donors (Lipinski definition) is 2. The SMILES string of the molecule is Cc1ccc(S(=O)(=O)Nc2ccc(NC(=O)CCc3ccco3)cc2)cc1. The first-order valence-corrected chi connectivity index (χ1v) is 9.92. The summed E-state index contributed by atoms with van der Waals surface area (Å²) in [4.78, 5) is 12.2. The lowest BCUT2D eigenvalue weighted by atomic mass is 10.2. The maximum atomic E-state index is 12.4. The van der Waals surface area contributed by atoms with E-state index in [1.807, 2.05) is 13.0 Å². The van der Waals surface area contributed by atoms with Crippen molar-refractivity contribution >= 4 is 27.3 Å². The van der Waals surface area contributed by atoms with Crippen molar-refractivity contribution in [2.45, 2.75) is 24.7 Å². The number of benzene rings is 2. The molecule has 0 bridgehead atoms. The van der Waals surface area contributed by atoms with Crippen LogP contribution >= 0.6 is 0 Å². The number of furan rings is 1. The van der Waals surface area contributed by atoms with Crippen molar-refractivity contribution in [3.8, 4) is 0 Å². The Morgan fingerprint density at radius 2 is 1.63 bits per heavy atom. The molecule has 2 aromatic carbocycles. The molecule has 0 aliphatic rings. The predicted octanol–water partition coefficient (Wildman–Crippen LogP) is 3.96. The molecule has 0 fully saturated rings. The summed E-state index contributed by atoms with van der Waals surface area (Å²) >= 11 is 0. The average molecular weight is 384 g/mol. The molecule has 0 atom stereocenters. The monoisotopic (exact) mass is 384 g/mol. The van der Waals surface area contributed by atoms with E-state index in [1.165, 1.54) is 0 Å². The Hall–Kier alpha value is -3.06. The largest absolute Gasteiger partial charge is 0.469 e. The third-order valence-electron chi connectivity index (χ3n) is 3.93. The van der Waals surface area contributed by atoms with E-state index >= 15 is 0 Å². The van der Waals surface area contributed by atoms with E-state index in [-0.39, 0.29) is 10.8 Å². The van der Waals surface area contributed by atoms with E-state index in [1.54, 1.807) is 60.9 Å². The summed E-state index contributed by atoms with van der Waals surface area (Å²) in [7, 11) is -3.65. The Bertz CT molecular complexity index is 993. The molecule has 140 valence electrons. The van der Waals surface area contributed by atoms with Crippen LogP contribution in [-0.2, 0) is 21.2 Å². The molecule has 0 spiro atoms. The summed E-state index contributed by atoms with van der Waals surface area (Å²) in [6.45, 7) is 1.89. The molecule has 0 saturated carbocycles. The number of carbonyl (C=O) groups is 1. The summed E-state index contributed by atoms with van der Waals surface area (Å²) in [6.07, 6.45) is 2.40. The zero-order valence-corrected chi connectivity index (χ0v) is 15.6. The lowest BCUT2D eigenvalue weighted by Crippen LogP contribution is -2.14. The minimum atomic E-state index is -3.65. The second kappa shape index (κ2) is 8.09. The summed E-state index contributed by atoms with van der Waals surface area (Å²) in [6, 6.07) is 16.7. The Morgan fingerprint density at radius 1 is 0.963 bits per heavy atom. The fourth-order valence-electron chi connectivity index (χ4n) is 2.47. The van der Waals surface area contributed by atoms with Crippen molar-refractivity contribution < 1.29 is 17.6 Å². The van der Waals surface area contributed by atoms with Gasteiger partial charge in [-0.25, -0.2) is 8.42 Å². The van der Waals surface area contributed by atoms with Crippen LogP contribution in [0.2, 0.25) is 0 Å². The highest BCUT2D eigenvalue weighted by molar-refractivity contribution is 7.92. The molecule has 0 aliphatic carbocycles. The van der Waals surface area contributed by atoms with E-state index < -0.39 is 10.0 Å². The molecule has 0 saturated heterocycles. The molecule has 2 N–H and O–H groups in total. The van der Waals surface area contributed by atoms with Crippen LogP contribution in [0.5, 0.6) is 0 Å². The van der Waals surface area contributed by atoms with Gasteiger partial charge in [0, 0.05) is 24.2 Å². The highest BCUT2D eigenvalue weighted by atomic mass is 32.2. The Morgan fingerprint density at radius 3 is 2.26 bits per heavy atom. The second-order valence-electron chi connectivity index (χ2n) is 6.12. The zero-order valence-electron chi connectivity index (χ0n) is 14.8. The van der Waals surface area contributed by atoms with Gasteiger partial charge in [0.1, 0.15) is 5.76 Å². The van der Waals surface area contributed by atoms with Gasteiger partial charge in [-0.15, -0.1) is 0 Å². The van der Waals surface area contributed by atoms with Crippen LogP contribution in [0.1, 0.15) is 17.7 Å². The van der Waals surface area contributed by atoms with Gasteiger partial charge in [-0.1, -0.05) is 17.7 Å². The molecule has 27 heavy (non-hydrogen) atoms. The number of anilines is 2. The van der Waals surface area contributed by atoms with Crippen molar-refractivity contribution in [1.82, 2.24) is 0 Å². The van der Waals surface area contributed by atoms with Crippen LogP contribution in [0.3, 0.4) is 0 Å². The standard InChI is InChI=1S/C20H20N2O4S/c1-15-4-11-19(12-5-15)27(24,25)22-17-8-6-16(7-9-17)21-20(23)13-10-18-3-2-14-26-18/h2-9,11-12,14,22H,10,13H2,1H3,(H,21,23). The summed E-state index contributed by atoms with van der Waals surface area (Å²) in [5.41, 5.74) is 2.00. The molecular weight excluding hydrogens is 364 g/mol. The number of aryl methyl sites for hydroxylation is 2. The average Bonchev–Trinajstić information content (AvgIpc) is 3.15. The Balaban J connectivity index is 1.58. The lowest BCUT2D eigenvalue weighted by Gasteiger charge is -2.10. The lowest BCUT2D eigenvalue weighted by molar-refractivity contribution is -0.116. The quantitative estimate of drug-likeness (QED) is 0.645. The van der Waals surface area contributed by atoms with Gasteiger partial charge in [-0.3, -0.25) is 9.52 Å². The molecule has 0 radical (unpaired) electrons. The highest BCUT2D eigenvalue weighted by Crippen LogP contribution is 2.19. The molecule has 3 rings (SSSR count). The minimum Gasteiger partial charge on any atom is -0.469 e. The van der Waals surface area contributed by atoms with Crippen LogP contribution in [0.4, 0.5) is 11.4 Å². The first kappa shape index (κ1) is 18.7. The number of sulfonamides is 1. The number of hydrogen-bond acceptors (Lipinski definition) is 4. The van der Waals surface area contributed by atoms with Crippen molar-refractivity contribution in [1.29, 1.82) is 0 Å². The summed E-state index contributed by atoms with van der Waals surface area (Å²) in [5, 5.41) is 2.77. The number of amides is 1. The van der Waals surface area contributed by atoms with Gasteiger partial charge < -0.3 is 9.73 Å². The van der Waals surface area contributed by atoms with Gasteiger partial charge in [0.25, 0.3) is 10.0 Å². The maximum Gasteiger partial charge on any atom is 0.261 e. The van der Waals surface area contributed by atoms with Crippen LogP contribution in [-0.4, -0.2) is 14.3 Å². The van der Waals surface area contributed by atoms with Gasteiger partial charge >= 0.3 is 0 Å². The molecular formula is C20H20N2O4S. The second-order valence-corrected chi connectivity index (χ2v) is 7.81. The van der Waals surface area contributed by atoms with E-state index in [4.69, 9.17) is 4.42 Å². The van der Waals surface area contributed by atoms with Gasteiger partial charge in [0.2, 0.25) is 5.91 Å². The van der Waals surface area contributed by atoms with Crippen LogP contribution in [0, 0.1) is 6.92 Å². The van der Waals surface area contributed by atoms with Crippen LogP contribution in [0.15, 0.2) is 76.2 Å². The van der Waals surface area contributed by atoms with Crippen molar-refractivity contribution in [3.63, 3.8) is 0 Å². The normalized spacial score (nSPS) is 11.1. The molecule has 6 nitrogen and oxygen atoms in total.